The number of anilines is 1. The standard InChI is InChI=1S/C11H15FN2O/c12-10-4-3-9(11(13)7-10)8-14-5-1-2-6-15-14/h3-4,7H,1-2,5-6,8,13H2. The molecule has 82 valence electrons. The minimum absolute atomic E-state index is 0.296. The van der Waals surface area contributed by atoms with E-state index in [-0.39, 0.29) is 5.82 Å². The van der Waals surface area contributed by atoms with E-state index in [0.717, 1.165) is 31.6 Å². The van der Waals surface area contributed by atoms with Gasteiger partial charge in [0.05, 0.1) is 13.2 Å². The Morgan fingerprint density at radius 1 is 1.40 bits per heavy atom. The summed E-state index contributed by atoms with van der Waals surface area (Å²) in [6, 6.07) is 4.48. The van der Waals surface area contributed by atoms with Gasteiger partial charge in [0, 0.05) is 12.2 Å². The second kappa shape index (κ2) is 4.59. The van der Waals surface area contributed by atoms with Crippen LogP contribution in [0.25, 0.3) is 0 Å². The molecule has 1 fully saturated rings. The molecule has 1 heterocycles. The summed E-state index contributed by atoms with van der Waals surface area (Å²) < 4.78 is 12.8. The molecule has 15 heavy (non-hydrogen) atoms. The van der Waals surface area contributed by atoms with Crippen LogP contribution in [0.3, 0.4) is 0 Å². The molecule has 0 bridgehead atoms. The van der Waals surface area contributed by atoms with Crippen molar-refractivity contribution in [2.24, 2.45) is 0 Å². The minimum atomic E-state index is -0.296. The molecule has 0 radical (unpaired) electrons. The Morgan fingerprint density at radius 3 is 2.93 bits per heavy atom. The van der Waals surface area contributed by atoms with Crippen LogP contribution in [0.5, 0.6) is 0 Å². The van der Waals surface area contributed by atoms with Gasteiger partial charge in [-0.2, -0.15) is 5.06 Å². The molecule has 2 rings (SSSR count). The lowest BCUT2D eigenvalue weighted by Crippen LogP contribution is -2.29. The van der Waals surface area contributed by atoms with E-state index in [1.807, 2.05) is 5.06 Å². The van der Waals surface area contributed by atoms with Crippen LogP contribution in [0, 0.1) is 5.82 Å². The van der Waals surface area contributed by atoms with Crippen molar-refractivity contribution in [3.8, 4) is 0 Å². The van der Waals surface area contributed by atoms with Crippen molar-refractivity contribution < 1.29 is 9.23 Å². The van der Waals surface area contributed by atoms with Gasteiger partial charge < -0.3 is 5.73 Å². The van der Waals surface area contributed by atoms with Crippen LogP contribution in [0.15, 0.2) is 18.2 Å². The number of nitrogens with zero attached hydrogens (tertiary/aromatic N) is 1. The summed E-state index contributed by atoms with van der Waals surface area (Å²) in [5, 5.41) is 1.88. The van der Waals surface area contributed by atoms with Gasteiger partial charge in [-0.3, -0.25) is 4.84 Å². The molecule has 1 aromatic rings. The Labute approximate surface area is 88.6 Å². The third-order valence-corrected chi connectivity index (χ3v) is 2.53. The molecule has 0 spiro atoms. The number of nitrogens with two attached hydrogens (primary N) is 1. The Kier molecular flexibility index (Phi) is 3.18. The molecule has 0 saturated carbocycles. The third kappa shape index (κ3) is 2.67. The van der Waals surface area contributed by atoms with E-state index in [9.17, 15) is 4.39 Å². The Balaban J connectivity index is 2.03. The van der Waals surface area contributed by atoms with Crippen LogP contribution in [-0.2, 0) is 11.4 Å². The summed E-state index contributed by atoms with van der Waals surface area (Å²) in [6.07, 6.45) is 2.25. The molecule has 1 aliphatic heterocycles. The SMILES string of the molecule is Nc1cc(F)ccc1CN1CCCCO1. The van der Waals surface area contributed by atoms with Crippen LogP contribution in [0.2, 0.25) is 0 Å². The Bertz CT molecular complexity index is 337. The molecular weight excluding hydrogens is 195 g/mol. The molecule has 0 atom stereocenters. The van der Waals surface area contributed by atoms with Gasteiger partial charge in [-0.05, 0) is 30.5 Å². The zero-order valence-electron chi connectivity index (χ0n) is 8.58. The minimum Gasteiger partial charge on any atom is -0.398 e. The van der Waals surface area contributed by atoms with E-state index in [1.54, 1.807) is 6.07 Å². The van der Waals surface area contributed by atoms with Gasteiger partial charge in [-0.15, -0.1) is 0 Å². The quantitative estimate of drug-likeness (QED) is 0.758. The fraction of sp³-hybridized carbons (Fsp3) is 0.455. The molecule has 4 heteroatoms. The van der Waals surface area contributed by atoms with Crippen LogP contribution >= 0.6 is 0 Å². The van der Waals surface area contributed by atoms with Gasteiger partial charge in [0.1, 0.15) is 5.82 Å². The van der Waals surface area contributed by atoms with E-state index < -0.39 is 0 Å². The summed E-state index contributed by atoms with van der Waals surface area (Å²) in [6.45, 7) is 2.31. The molecular formula is C11H15FN2O. The lowest BCUT2D eigenvalue weighted by molar-refractivity contribution is -0.187. The molecule has 1 aliphatic rings. The number of benzene rings is 1. The van der Waals surface area contributed by atoms with E-state index in [2.05, 4.69) is 0 Å². The fourth-order valence-corrected chi connectivity index (χ4v) is 1.67. The van der Waals surface area contributed by atoms with Gasteiger partial charge >= 0.3 is 0 Å². The number of halogens is 1. The second-order valence-corrected chi connectivity index (χ2v) is 3.75. The maximum absolute atomic E-state index is 12.8. The zero-order chi connectivity index (χ0) is 10.7. The van der Waals surface area contributed by atoms with Crippen molar-refractivity contribution in [1.82, 2.24) is 5.06 Å². The molecule has 0 aliphatic carbocycles. The highest BCUT2D eigenvalue weighted by molar-refractivity contribution is 5.46. The topological polar surface area (TPSA) is 38.5 Å². The van der Waals surface area contributed by atoms with Gasteiger partial charge in [0.15, 0.2) is 0 Å². The highest BCUT2D eigenvalue weighted by Crippen LogP contribution is 2.17. The van der Waals surface area contributed by atoms with E-state index in [1.165, 1.54) is 12.1 Å². The van der Waals surface area contributed by atoms with Gasteiger partial charge in [0.25, 0.3) is 0 Å². The molecule has 0 amide bonds. The van der Waals surface area contributed by atoms with Crippen molar-refractivity contribution >= 4 is 5.69 Å². The van der Waals surface area contributed by atoms with Gasteiger partial charge in [-0.1, -0.05) is 6.07 Å². The first-order valence-electron chi connectivity index (χ1n) is 5.17. The molecule has 1 saturated heterocycles. The van der Waals surface area contributed by atoms with Gasteiger partial charge in [0.2, 0.25) is 0 Å². The van der Waals surface area contributed by atoms with Crippen LogP contribution < -0.4 is 5.73 Å². The van der Waals surface area contributed by atoms with Crippen LogP contribution in [0.4, 0.5) is 10.1 Å². The Hall–Kier alpha value is -1.13. The lowest BCUT2D eigenvalue weighted by Gasteiger charge is -2.26. The summed E-state index contributed by atoms with van der Waals surface area (Å²) >= 11 is 0. The number of rotatable bonds is 2. The highest BCUT2D eigenvalue weighted by atomic mass is 19.1. The second-order valence-electron chi connectivity index (χ2n) is 3.75. The first-order chi connectivity index (χ1) is 7.25. The van der Waals surface area contributed by atoms with E-state index in [0.29, 0.717) is 12.2 Å². The number of nitrogen functional groups attached to an aromatic ring is 1. The summed E-state index contributed by atoms with van der Waals surface area (Å²) in [7, 11) is 0. The maximum atomic E-state index is 12.8. The number of hydroxylamine groups is 2. The highest BCUT2D eigenvalue weighted by Gasteiger charge is 2.12. The molecule has 3 nitrogen and oxygen atoms in total. The summed E-state index contributed by atoms with van der Waals surface area (Å²) in [4.78, 5) is 5.45. The van der Waals surface area contributed by atoms with Crippen molar-refractivity contribution in [2.75, 3.05) is 18.9 Å². The lowest BCUT2D eigenvalue weighted by atomic mass is 10.1. The van der Waals surface area contributed by atoms with Crippen LogP contribution in [-0.4, -0.2) is 18.2 Å². The average molecular weight is 210 g/mol. The third-order valence-electron chi connectivity index (χ3n) is 2.53. The van der Waals surface area contributed by atoms with Crippen LogP contribution in [0.1, 0.15) is 18.4 Å². The monoisotopic (exact) mass is 210 g/mol. The van der Waals surface area contributed by atoms with E-state index in [4.69, 9.17) is 10.6 Å². The van der Waals surface area contributed by atoms with Crippen molar-refractivity contribution in [3.05, 3.63) is 29.6 Å². The average Bonchev–Trinajstić information content (AvgIpc) is 2.24. The summed E-state index contributed by atoms with van der Waals surface area (Å²) in [5.74, 6) is -0.296. The summed E-state index contributed by atoms with van der Waals surface area (Å²) in [5.41, 5.74) is 7.12. The molecule has 0 aromatic heterocycles. The first-order valence-corrected chi connectivity index (χ1v) is 5.17. The molecule has 2 N–H and O–H groups in total. The normalized spacial score (nSPS) is 17.9. The fourth-order valence-electron chi connectivity index (χ4n) is 1.67. The maximum Gasteiger partial charge on any atom is 0.125 e. The largest absolute Gasteiger partial charge is 0.398 e. The Morgan fingerprint density at radius 2 is 2.27 bits per heavy atom. The van der Waals surface area contributed by atoms with Crippen molar-refractivity contribution in [2.45, 2.75) is 19.4 Å². The zero-order valence-corrected chi connectivity index (χ0v) is 8.58. The van der Waals surface area contributed by atoms with Crippen molar-refractivity contribution in [3.63, 3.8) is 0 Å². The number of hydrogen-bond donors (Lipinski definition) is 1. The van der Waals surface area contributed by atoms with Crippen molar-refractivity contribution in [1.29, 1.82) is 0 Å². The molecule has 0 unspecified atom stereocenters. The van der Waals surface area contributed by atoms with Gasteiger partial charge in [-0.25, -0.2) is 4.39 Å². The van der Waals surface area contributed by atoms with E-state index >= 15 is 0 Å². The first kappa shape index (κ1) is 10.4. The molecule has 1 aromatic carbocycles. The smallest absolute Gasteiger partial charge is 0.125 e. The predicted octanol–water partition coefficient (Wildman–Crippen LogP) is 1.94. The predicted molar refractivity (Wildman–Crippen MR) is 56.4 cm³/mol. The number of hydrogen-bond acceptors (Lipinski definition) is 3.